The average Bonchev–Trinajstić information content (AvgIpc) is 2.93. The molecule has 0 aromatic rings. The average molecular weight is 209 g/mol. The topological polar surface area (TPSA) is 32.3 Å². The van der Waals surface area contributed by atoms with E-state index in [9.17, 15) is 5.11 Å². The number of hydrogen-bond acceptors (Lipinski definition) is 2. The number of nitrogens with one attached hydrogen (secondary N) is 1. The second-order valence-electron chi connectivity index (χ2n) is 6.07. The van der Waals surface area contributed by atoms with Crippen molar-refractivity contribution in [3.05, 3.63) is 0 Å². The Hall–Kier alpha value is -0.0800. The first-order valence-electron chi connectivity index (χ1n) is 6.70. The molecule has 2 N–H and O–H groups in total. The molecule has 2 heteroatoms. The van der Waals surface area contributed by atoms with Crippen molar-refractivity contribution < 1.29 is 5.11 Å². The van der Waals surface area contributed by atoms with Crippen molar-refractivity contribution in [2.24, 2.45) is 11.8 Å². The van der Waals surface area contributed by atoms with Gasteiger partial charge < -0.3 is 10.4 Å². The number of aliphatic hydroxyl groups excluding tert-OH is 1. The minimum absolute atomic E-state index is 0.106. The molecule has 86 valence electrons. The summed E-state index contributed by atoms with van der Waals surface area (Å²) >= 11 is 0. The fourth-order valence-corrected chi connectivity index (χ4v) is 4.21. The van der Waals surface area contributed by atoms with Gasteiger partial charge in [-0.1, -0.05) is 19.3 Å². The maximum Gasteiger partial charge on any atom is 0.0613 e. The van der Waals surface area contributed by atoms with Crippen molar-refractivity contribution in [1.82, 2.24) is 5.32 Å². The highest BCUT2D eigenvalue weighted by Gasteiger charge is 2.43. The van der Waals surface area contributed by atoms with E-state index in [2.05, 4.69) is 5.32 Å². The maximum absolute atomic E-state index is 9.58. The zero-order chi connectivity index (χ0) is 10.3. The summed E-state index contributed by atoms with van der Waals surface area (Å²) in [4.78, 5) is 0. The summed E-state index contributed by atoms with van der Waals surface area (Å²) in [5.41, 5.74) is 0.106. The van der Waals surface area contributed by atoms with E-state index < -0.39 is 0 Å². The standard InChI is InChI=1S/C13H23NO/c15-9-13(5-1-2-6-13)14-12-8-10-3-4-11(12)7-10/h10-12,14-15H,1-9H2. The van der Waals surface area contributed by atoms with Crippen molar-refractivity contribution in [2.45, 2.75) is 62.9 Å². The van der Waals surface area contributed by atoms with Gasteiger partial charge in [0, 0.05) is 11.6 Å². The Morgan fingerprint density at radius 3 is 2.47 bits per heavy atom. The van der Waals surface area contributed by atoms with Crippen LogP contribution < -0.4 is 5.32 Å². The van der Waals surface area contributed by atoms with E-state index in [1.165, 1.54) is 51.4 Å². The SMILES string of the molecule is OCC1(NC2CC3CCC2C3)CCCC1. The highest BCUT2D eigenvalue weighted by atomic mass is 16.3. The molecule has 3 unspecified atom stereocenters. The van der Waals surface area contributed by atoms with Crippen LogP contribution in [0.3, 0.4) is 0 Å². The first-order valence-corrected chi connectivity index (χ1v) is 6.70. The molecule has 3 aliphatic rings. The molecule has 3 rings (SSSR count). The second-order valence-corrected chi connectivity index (χ2v) is 6.07. The molecule has 3 atom stereocenters. The normalized spacial score (nSPS) is 42.6. The summed E-state index contributed by atoms with van der Waals surface area (Å²) < 4.78 is 0. The van der Waals surface area contributed by atoms with Gasteiger partial charge in [0.2, 0.25) is 0 Å². The minimum atomic E-state index is 0.106. The van der Waals surface area contributed by atoms with E-state index in [1.54, 1.807) is 0 Å². The predicted octanol–water partition coefficient (Wildman–Crippen LogP) is 2.07. The van der Waals surface area contributed by atoms with E-state index in [4.69, 9.17) is 0 Å². The van der Waals surface area contributed by atoms with Gasteiger partial charge in [-0.15, -0.1) is 0 Å². The second kappa shape index (κ2) is 3.74. The molecule has 0 heterocycles. The van der Waals surface area contributed by atoms with Gasteiger partial charge in [-0.3, -0.25) is 0 Å². The molecular weight excluding hydrogens is 186 g/mol. The molecule has 3 saturated carbocycles. The summed E-state index contributed by atoms with van der Waals surface area (Å²) in [5.74, 6) is 1.93. The van der Waals surface area contributed by atoms with E-state index in [0.717, 1.165) is 17.9 Å². The largest absolute Gasteiger partial charge is 0.394 e. The van der Waals surface area contributed by atoms with E-state index in [0.29, 0.717) is 6.61 Å². The minimum Gasteiger partial charge on any atom is -0.394 e. The van der Waals surface area contributed by atoms with Crippen molar-refractivity contribution in [3.8, 4) is 0 Å². The van der Waals surface area contributed by atoms with Gasteiger partial charge in [-0.05, 0) is 43.9 Å². The zero-order valence-corrected chi connectivity index (χ0v) is 9.54. The lowest BCUT2D eigenvalue weighted by Gasteiger charge is -2.35. The molecule has 2 bridgehead atoms. The lowest BCUT2D eigenvalue weighted by atomic mass is 9.90. The van der Waals surface area contributed by atoms with Crippen LogP contribution in [-0.2, 0) is 0 Å². The summed E-state index contributed by atoms with van der Waals surface area (Å²) in [6, 6.07) is 0.731. The Bertz CT molecular complexity index is 235. The molecule has 15 heavy (non-hydrogen) atoms. The van der Waals surface area contributed by atoms with Crippen LogP contribution in [0, 0.1) is 11.8 Å². The van der Waals surface area contributed by atoms with E-state index in [-0.39, 0.29) is 5.54 Å². The molecule has 0 aromatic carbocycles. The van der Waals surface area contributed by atoms with Crippen LogP contribution in [0.25, 0.3) is 0 Å². The summed E-state index contributed by atoms with van der Waals surface area (Å²) in [7, 11) is 0. The molecule has 3 fully saturated rings. The van der Waals surface area contributed by atoms with Gasteiger partial charge >= 0.3 is 0 Å². The van der Waals surface area contributed by atoms with E-state index >= 15 is 0 Å². The van der Waals surface area contributed by atoms with Crippen molar-refractivity contribution in [2.75, 3.05) is 6.61 Å². The molecule has 0 radical (unpaired) electrons. The third-order valence-corrected chi connectivity index (χ3v) is 5.09. The van der Waals surface area contributed by atoms with Crippen LogP contribution in [-0.4, -0.2) is 23.3 Å². The maximum atomic E-state index is 9.58. The molecule has 3 aliphatic carbocycles. The van der Waals surface area contributed by atoms with Crippen LogP contribution in [0.4, 0.5) is 0 Å². The molecule has 0 amide bonds. The number of rotatable bonds is 3. The lowest BCUT2D eigenvalue weighted by Crippen LogP contribution is -2.52. The zero-order valence-electron chi connectivity index (χ0n) is 9.54. The summed E-state index contributed by atoms with van der Waals surface area (Å²) in [6.45, 7) is 0.348. The van der Waals surface area contributed by atoms with Crippen LogP contribution in [0.2, 0.25) is 0 Å². The molecule has 0 spiro atoms. The van der Waals surface area contributed by atoms with Gasteiger partial charge in [0.05, 0.1) is 6.61 Å². The fourth-order valence-electron chi connectivity index (χ4n) is 4.21. The van der Waals surface area contributed by atoms with Crippen molar-refractivity contribution >= 4 is 0 Å². The van der Waals surface area contributed by atoms with Crippen LogP contribution in [0.15, 0.2) is 0 Å². The smallest absolute Gasteiger partial charge is 0.0613 e. The highest BCUT2D eigenvalue weighted by molar-refractivity contribution is 5.01. The summed E-state index contributed by atoms with van der Waals surface area (Å²) in [5, 5.41) is 13.4. The van der Waals surface area contributed by atoms with E-state index in [1.807, 2.05) is 0 Å². The third-order valence-electron chi connectivity index (χ3n) is 5.09. The fraction of sp³-hybridized carbons (Fsp3) is 1.00. The lowest BCUT2D eigenvalue weighted by molar-refractivity contribution is 0.137. The van der Waals surface area contributed by atoms with Crippen molar-refractivity contribution in [3.63, 3.8) is 0 Å². The number of aliphatic hydroxyl groups is 1. The van der Waals surface area contributed by atoms with Gasteiger partial charge in [0.1, 0.15) is 0 Å². The van der Waals surface area contributed by atoms with Gasteiger partial charge in [0.15, 0.2) is 0 Å². The molecular formula is C13H23NO. The van der Waals surface area contributed by atoms with Crippen LogP contribution in [0.5, 0.6) is 0 Å². The van der Waals surface area contributed by atoms with Crippen molar-refractivity contribution in [1.29, 1.82) is 0 Å². The van der Waals surface area contributed by atoms with Crippen LogP contribution in [0.1, 0.15) is 51.4 Å². The summed E-state index contributed by atoms with van der Waals surface area (Å²) in [6.07, 6.45) is 10.7. The molecule has 0 aliphatic heterocycles. The Balaban J connectivity index is 1.64. The Morgan fingerprint density at radius 2 is 1.93 bits per heavy atom. The quantitative estimate of drug-likeness (QED) is 0.746. The number of hydrogen-bond donors (Lipinski definition) is 2. The van der Waals surface area contributed by atoms with Gasteiger partial charge in [0.25, 0.3) is 0 Å². The third kappa shape index (κ3) is 1.72. The Kier molecular flexibility index (Phi) is 2.52. The number of fused-ring (bicyclic) bond motifs is 2. The molecule has 0 aromatic heterocycles. The van der Waals surface area contributed by atoms with Gasteiger partial charge in [-0.2, -0.15) is 0 Å². The predicted molar refractivity (Wildman–Crippen MR) is 60.7 cm³/mol. The Morgan fingerprint density at radius 1 is 1.13 bits per heavy atom. The van der Waals surface area contributed by atoms with Crippen LogP contribution >= 0.6 is 0 Å². The molecule has 0 saturated heterocycles. The Labute approximate surface area is 92.4 Å². The van der Waals surface area contributed by atoms with Gasteiger partial charge in [-0.25, -0.2) is 0 Å². The highest BCUT2D eigenvalue weighted by Crippen LogP contribution is 2.45. The molecule has 2 nitrogen and oxygen atoms in total. The monoisotopic (exact) mass is 209 g/mol. The first-order chi connectivity index (χ1) is 7.31. The first kappa shape index (κ1) is 10.1.